The van der Waals surface area contributed by atoms with E-state index in [1.165, 1.54) is 11.1 Å². The van der Waals surface area contributed by atoms with Crippen LogP contribution in [0.15, 0.2) is 42.7 Å². The van der Waals surface area contributed by atoms with Crippen molar-refractivity contribution in [3.8, 4) is 0 Å². The monoisotopic (exact) mass is 338 g/mol. The van der Waals surface area contributed by atoms with Gasteiger partial charge in [0.05, 0.1) is 12.7 Å². The van der Waals surface area contributed by atoms with Gasteiger partial charge in [-0.05, 0) is 31.2 Å². The second-order valence-corrected chi connectivity index (χ2v) is 7.29. The van der Waals surface area contributed by atoms with Crippen LogP contribution in [0.4, 0.5) is 0 Å². The zero-order valence-electron chi connectivity index (χ0n) is 14.6. The van der Waals surface area contributed by atoms with E-state index >= 15 is 0 Å². The number of piperidine rings is 1. The Hall–Kier alpha value is -2.14. The van der Waals surface area contributed by atoms with Gasteiger partial charge in [-0.2, -0.15) is 5.10 Å². The summed E-state index contributed by atoms with van der Waals surface area (Å²) in [7, 11) is 0. The van der Waals surface area contributed by atoms with Crippen molar-refractivity contribution in [2.45, 2.75) is 44.8 Å². The molecule has 1 aromatic heterocycles. The zero-order chi connectivity index (χ0) is 17.1. The van der Waals surface area contributed by atoms with Crippen LogP contribution in [0.5, 0.6) is 0 Å². The lowest BCUT2D eigenvalue weighted by Gasteiger charge is -2.32. The number of carbonyl (C=O) groups is 1. The number of hydrogen-bond acceptors (Lipinski definition) is 3. The van der Waals surface area contributed by atoms with Crippen molar-refractivity contribution in [1.29, 1.82) is 0 Å². The maximum atomic E-state index is 12.1. The molecule has 2 aromatic rings. The van der Waals surface area contributed by atoms with Gasteiger partial charge in [0, 0.05) is 43.4 Å². The molecule has 1 aromatic carbocycles. The average Bonchev–Trinajstić information content (AvgIpc) is 3.41. The van der Waals surface area contributed by atoms with Crippen LogP contribution >= 0.6 is 0 Å². The molecule has 2 heterocycles. The minimum atomic E-state index is 0.347. The van der Waals surface area contributed by atoms with E-state index in [9.17, 15) is 4.79 Å². The Morgan fingerprint density at radius 3 is 2.56 bits per heavy atom. The average molecular weight is 338 g/mol. The molecule has 0 spiro atoms. The van der Waals surface area contributed by atoms with Crippen molar-refractivity contribution in [3.05, 3.63) is 53.9 Å². The number of rotatable bonds is 6. The van der Waals surface area contributed by atoms with Gasteiger partial charge in [-0.25, -0.2) is 0 Å². The Bertz CT molecular complexity index is 699. The summed E-state index contributed by atoms with van der Waals surface area (Å²) in [6.45, 7) is 3.46. The molecule has 1 saturated heterocycles. The van der Waals surface area contributed by atoms with Crippen molar-refractivity contribution in [3.63, 3.8) is 0 Å². The molecule has 4 rings (SSSR count). The third kappa shape index (κ3) is 4.28. The second kappa shape index (κ2) is 7.40. The highest BCUT2D eigenvalue weighted by Gasteiger charge is 2.34. The fourth-order valence-corrected chi connectivity index (χ4v) is 3.51. The lowest BCUT2D eigenvalue weighted by molar-refractivity contribution is -0.133. The lowest BCUT2D eigenvalue weighted by Crippen LogP contribution is -2.45. The standard InChI is InChI=1S/C20H26N4O/c25-20(18-6-7-18)23-10-8-19(9-11-23)21-12-17-13-22-24(15-17)14-16-4-2-1-3-5-16/h1-5,13,15,18-19,21H,6-12,14H2. The van der Waals surface area contributed by atoms with E-state index in [0.29, 0.717) is 17.9 Å². The van der Waals surface area contributed by atoms with Crippen LogP contribution in [0.1, 0.15) is 36.8 Å². The van der Waals surface area contributed by atoms with E-state index in [-0.39, 0.29) is 0 Å². The minimum absolute atomic E-state index is 0.347. The Balaban J connectivity index is 1.22. The van der Waals surface area contributed by atoms with Gasteiger partial charge >= 0.3 is 0 Å². The number of carbonyl (C=O) groups excluding carboxylic acids is 1. The van der Waals surface area contributed by atoms with Gasteiger partial charge in [0.2, 0.25) is 5.91 Å². The normalized spacial score (nSPS) is 18.5. The first-order valence-corrected chi connectivity index (χ1v) is 9.35. The molecular formula is C20H26N4O. The molecular weight excluding hydrogens is 312 g/mol. The molecule has 25 heavy (non-hydrogen) atoms. The third-order valence-corrected chi connectivity index (χ3v) is 5.20. The van der Waals surface area contributed by atoms with Crippen LogP contribution < -0.4 is 5.32 Å². The summed E-state index contributed by atoms with van der Waals surface area (Å²) in [6, 6.07) is 10.9. The van der Waals surface area contributed by atoms with Gasteiger partial charge in [-0.15, -0.1) is 0 Å². The van der Waals surface area contributed by atoms with Gasteiger partial charge in [0.15, 0.2) is 0 Å². The van der Waals surface area contributed by atoms with E-state index in [1.54, 1.807) is 0 Å². The molecule has 0 unspecified atom stereocenters. The molecule has 2 fully saturated rings. The molecule has 2 aliphatic rings. The molecule has 1 N–H and O–H groups in total. The largest absolute Gasteiger partial charge is 0.342 e. The van der Waals surface area contributed by atoms with Crippen molar-refractivity contribution in [2.24, 2.45) is 5.92 Å². The van der Waals surface area contributed by atoms with Gasteiger partial charge in [-0.1, -0.05) is 30.3 Å². The molecule has 1 saturated carbocycles. The van der Waals surface area contributed by atoms with Gasteiger partial charge in [-0.3, -0.25) is 9.48 Å². The number of likely N-dealkylation sites (tertiary alicyclic amines) is 1. The van der Waals surface area contributed by atoms with E-state index in [2.05, 4.69) is 45.8 Å². The Labute approximate surface area is 149 Å². The van der Waals surface area contributed by atoms with Crippen LogP contribution in [0.25, 0.3) is 0 Å². The molecule has 1 aliphatic heterocycles. The summed E-state index contributed by atoms with van der Waals surface area (Å²) >= 11 is 0. The Morgan fingerprint density at radius 1 is 1.08 bits per heavy atom. The van der Waals surface area contributed by atoms with E-state index in [4.69, 9.17) is 0 Å². The minimum Gasteiger partial charge on any atom is -0.342 e. The lowest BCUT2D eigenvalue weighted by atomic mass is 10.0. The first kappa shape index (κ1) is 16.3. The van der Waals surface area contributed by atoms with Crippen molar-refractivity contribution in [1.82, 2.24) is 20.0 Å². The molecule has 0 radical (unpaired) electrons. The molecule has 5 heteroatoms. The summed E-state index contributed by atoms with van der Waals surface area (Å²) in [6.07, 6.45) is 8.37. The summed E-state index contributed by atoms with van der Waals surface area (Å²) < 4.78 is 1.99. The van der Waals surface area contributed by atoms with Gasteiger partial charge < -0.3 is 10.2 Å². The van der Waals surface area contributed by atoms with Gasteiger partial charge in [0.25, 0.3) is 0 Å². The van der Waals surface area contributed by atoms with E-state index in [0.717, 1.165) is 51.9 Å². The second-order valence-electron chi connectivity index (χ2n) is 7.29. The number of benzene rings is 1. The SMILES string of the molecule is O=C(C1CC1)N1CCC(NCc2cnn(Cc3ccccc3)c2)CC1. The van der Waals surface area contributed by atoms with Crippen molar-refractivity contribution < 1.29 is 4.79 Å². The smallest absolute Gasteiger partial charge is 0.225 e. The highest BCUT2D eigenvalue weighted by molar-refractivity contribution is 5.81. The summed E-state index contributed by atoms with van der Waals surface area (Å²) in [5.74, 6) is 0.737. The van der Waals surface area contributed by atoms with Crippen LogP contribution in [-0.4, -0.2) is 39.7 Å². The van der Waals surface area contributed by atoms with Crippen molar-refractivity contribution >= 4 is 5.91 Å². The summed E-state index contributed by atoms with van der Waals surface area (Å²) in [4.78, 5) is 14.2. The fourth-order valence-electron chi connectivity index (χ4n) is 3.51. The molecule has 132 valence electrons. The summed E-state index contributed by atoms with van der Waals surface area (Å²) in [5.41, 5.74) is 2.48. The van der Waals surface area contributed by atoms with Crippen LogP contribution in [0.3, 0.4) is 0 Å². The topological polar surface area (TPSA) is 50.2 Å². The van der Waals surface area contributed by atoms with E-state index < -0.39 is 0 Å². The van der Waals surface area contributed by atoms with E-state index in [1.807, 2.05) is 16.9 Å². The molecule has 0 bridgehead atoms. The summed E-state index contributed by atoms with van der Waals surface area (Å²) in [5, 5.41) is 8.09. The first-order valence-electron chi connectivity index (χ1n) is 9.35. The molecule has 0 atom stereocenters. The number of hydrogen-bond donors (Lipinski definition) is 1. The first-order chi connectivity index (χ1) is 12.3. The zero-order valence-corrected chi connectivity index (χ0v) is 14.6. The quantitative estimate of drug-likeness (QED) is 0.880. The van der Waals surface area contributed by atoms with Gasteiger partial charge in [0.1, 0.15) is 0 Å². The Morgan fingerprint density at radius 2 is 1.84 bits per heavy atom. The number of aromatic nitrogens is 2. The highest BCUT2D eigenvalue weighted by atomic mass is 16.2. The van der Waals surface area contributed by atoms with Crippen LogP contribution in [0, 0.1) is 5.92 Å². The van der Waals surface area contributed by atoms with Crippen LogP contribution in [-0.2, 0) is 17.9 Å². The molecule has 1 aliphatic carbocycles. The number of nitrogens with one attached hydrogen (secondary N) is 1. The predicted molar refractivity (Wildman–Crippen MR) is 96.9 cm³/mol. The third-order valence-electron chi connectivity index (χ3n) is 5.20. The number of nitrogens with zero attached hydrogens (tertiary/aromatic N) is 3. The van der Waals surface area contributed by atoms with Crippen molar-refractivity contribution in [2.75, 3.05) is 13.1 Å². The predicted octanol–water partition coefficient (Wildman–Crippen LogP) is 2.42. The highest BCUT2D eigenvalue weighted by Crippen LogP contribution is 2.31. The maximum absolute atomic E-state index is 12.1. The molecule has 5 nitrogen and oxygen atoms in total. The maximum Gasteiger partial charge on any atom is 0.225 e. The number of amides is 1. The Kier molecular flexibility index (Phi) is 4.83. The molecule has 1 amide bonds. The van der Waals surface area contributed by atoms with Crippen LogP contribution in [0.2, 0.25) is 0 Å². The fraction of sp³-hybridized carbons (Fsp3) is 0.500.